The molecular formula is C17H19F3N4OS. The summed E-state index contributed by atoms with van der Waals surface area (Å²) in [5.41, 5.74) is 2.20. The SMILES string of the molecule is Cc1ccc(CNC(=O)C2CCN(c3nnc(C(F)(F)F)s3)CC2)cc1. The molecule has 0 saturated carbocycles. The lowest BCUT2D eigenvalue weighted by Gasteiger charge is -2.30. The van der Waals surface area contributed by atoms with Crippen LogP contribution in [0.25, 0.3) is 0 Å². The van der Waals surface area contributed by atoms with Crippen LogP contribution in [-0.2, 0) is 17.5 Å². The predicted octanol–water partition coefficient (Wildman–Crippen LogP) is 3.40. The number of aromatic nitrogens is 2. The lowest BCUT2D eigenvalue weighted by atomic mass is 9.96. The molecule has 0 atom stereocenters. The Morgan fingerprint density at radius 2 is 1.88 bits per heavy atom. The zero-order valence-electron chi connectivity index (χ0n) is 14.2. The first-order valence-corrected chi connectivity index (χ1v) is 9.13. The number of benzene rings is 1. The third-order valence-corrected chi connectivity index (χ3v) is 5.41. The molecule has 1 N–H and O–H groups in total. The highest BCUT2D eigenvalue weighted by molar-refractivity contribution is 7.15. The molecule has 0 radical (unpaired) electrons. The van der Waals surface area contributed by atoms with E-state index < -0.39 is 11.2 Å². The molecule has 1 fully saturated rings. The number of aryl methyl sites for hydroxylation is 1. The third-order valence-electron chi connectivity index (χ3n) is 4.38. The number of carbonyl (C=O) groups is 1. The predicted molar refractivity (Wildman–Crippen MR) is 92.9 cm³/mol. The Balaban J connectivity index is 1.49. The number of piperidine rings is 1. The molecule has 1 amide bonds. The van der Waals surface area contributed by atoms with Crippen molar-refractivity contribution in [2.75, 3.05) is 18.0 Å². The first-order valence-electron chi connectivity index (χ1n) is 8.32. The number of hydrogen-bond donors (Lipinski definition) is 1. The van der Waals surface area contributed by atoms with Crippen LogP contribution in [0.3, 0.4) is 0 Å². The number of carbonyl (C=O) groups excluding carboxylic acids is 1. The Bertz CT molecular complexity index is 752. The van der Waals surface area contributed by atoms with E-state index in [1.165, 1.54) is 0 Å². The van der Waals surface area contributed by atoms with Gasteiger partial charge in [0.25, 0.3) is 0 Å². The minimum Gasteiger partial charge on any atom is -0.352 e. The Morgan fingerprint density at radius 1 is 1.23 bits per heavy atom. The molecule has 1 aliphatic rings. The van der Waals surface area contributed by atoms with Gasteiger partial charge < -0.3 is 10.2 Å². The average Bonchev–Trinajstić information content (AvgIpc) is 3.12. The standard InChI is InChI=1S/C17H19F3N4OS/c1-11-2-4-12(5-3-11)10-21-14(25)13-6-8-24(9-7-13)16-23-22-15(26-16)17(18,19)20/h2-5,13H,6-10H2,1H3,(H,21,25). The summed E-state index contributed by atoms with van der Waals surface area (Å²) in [6, 6.07) is 7.95. The topological polar surface area (TPSA) is 58.1 Å². The Labute approximate surface area is 153 Å². The quantitative estimate of drug-likeness (QED) is 0.878. The highest BCUT2D eigenvalue weighted by Gasteiger charge is 2.36. The van der Waals surface area contributed by atoms with E-state index in [-0.39, 0.29) is 17.0 Å². The zero-order valence-corrected chi connectivity index (χ0v) is 15.0. The van der Waals surface area contributed by atoms with Crippen molar-refractivity contribution in [1.82, 2.24) is 15.5 Å². The van der Waals surface area contributed by atoms with Crippen molar-refractivity contribution in [2.24, 2.45) is 5.92 Å². The lowest BCUT2D eigenvalue weighted by molar-refractivity contribution is -0.138. The van der Waals surface area contributed by atoms with Crippen molar-refractivity contribution in [2.45, 2.75) is 32.5 Å². The van der Waals surface area contributed by atoms with Crippen LogP contribution in [0.2, 0.25) is 0 Å². The molecule has 1 aliphatic heterocycles. The summed E-state index contributed by atoms with van der Waals surface area (Å²) in [6.07, 6.45) is -3.30. The normalized spacial score (nSPS) is 15.9. The molecule has 1 aromatic carbocycles. The number of amides is 1. The summed E-state index contributed by atoms with van der Waals surface area (Å²) in [5, 5.41) is 9.10. The number of rotatable bonds is 4. The van der Waals surface area contributed by atoms with Gasteiger partial charge in [-0.15, -0.1) is 10.2 Å². The van der Waals surface area contributed by atoms with Gasteiger partial charge in [0, 0.05) is 25.6 Å². The van der Waals surface area contributed by atoms with E-state index >= 15 is 0 Å². The van der Waals surface area contributed by atoms with Crippen LogP contribution in [0.4, 0.5) is 18.3 Å². The lowest BCUT2D eigenvalue weighted by Crippen LogP contribution is -2.40. The maximum Gasteiger partial charge on any atom is 0.445 e. The molecular weight excluding hydrogens is 365 g/mol. The highest BCUT2D eigenvalue weighted by atomic mass is 32.1. The second-order valence-electron chi connectivity index (χ2n) is 6.35. The van der Waals surface area contributed by atoms with E-state index in [4.69, 9.17) is 0 Å². The van der Waals surface area contributed by atoms with Gasteiger partial charge in [-0.2, -0.15) is 13.2 Å². The minimum atomic E-state index is -4.47. The molecule has 0 spiro atoms. The third kappa shape index (κ3) is 4.51. The summed E-state index contributed by atoms with van der Waals surface area (Å²) in [4.78, 5) is 14.1. The van der Waals surface area contributed by atoms with E-state index in [2.05, 4.69) is 15.5 Å². The molecule has 2 aromatic rings. The maximum atomic E-state index is 12.6. The molecule has 1 saturated heterocycles. The van der Waals surface area contributed by atoms with Crippen molar-refractivity contribution >= 4 is 22.4 Å². The van der Waals surface area contributed by atoms with E-state index in [9.17, 15) is 18.0 Å². The van der Waals surface area contributed by atoms with Gasteiger partial charge in [0.15, 0.2) is 0 Å². The summed E-state index contributed by atoms with van der Waals surface area (Å²) in [6.45, 7) is 3.47. The first kappa shape index (κ1) is 18.6. The second-order valence-corrected chi connectivity index (χ2v) is 7.31. The monoisotopic (exact) mass is 384 g/mol. The van der Waals surface area contributed by atoms with Crippen LogP contribution < -0.4 is 10.2 Å². The van der Waals surface area contributed by atoms with Gasteiger partial charge in [0.2, 0.25) is 16.0 Å². The van der Waals surface area contributed by atoms with Crippen molar-refractivity contribution in [3.63, 3.8) is 0 Å². The van der Waals surface area contributed by atoms with Crippen LogP contribution in [0, 0.1) is 12.8 Å². The second kappa shape index (κ2) is 7.61. The van der Waals surface area contributed by atoms with Crippen LogP contribution >= 0.6 is 11.3 Å². The van der Waals surface area contributed by atoms with Gasteiger partial charge >= 0.3 is 6.18 Å². The van der Waals surface area contributed by atoms with Crippen molar-refractivity contribution < 1.29 is 18.0 Å². The van der Waals surface area contributed by atoms with Gasteiger partial charge in [-0.05, 0) is 25.3 Å². The zero-order chi connectivity index (χ0) is 18.7. The Hall–Kier alpha value is -2.16. The molecule has 2 heterocycles. The molecule has 26 heavy (non-hydrogen) atoms. The molecule has 0 unspecified atom stereocenters. The van der Waals surface area contributed by atoms with Gasteiger partial charge in [0.1, 0.15) is 0 Å². The van der Waals surface area contributed by atoms with Crippen LogP contribution in [0.5, 0.6) is 0 Å². The summed E-state index contributed by atoms with van der Waals surface area (Å²) >= 11 is 0.543. The molecule has 0 aliphatic carbocycles. The van der Waals surface area contributed by atoms with Gasteiger partial charge in [0.05, 0.1) is 0 Å². The fourth-order valence-corrected chi connectivity index (χ4v) is 3.59. The average molecular weight is 384 g/mol. The van der Waals surface area contributed by atoms with E-state index in [1.54, 1.807) is 4.90 Å². The molecule has 1 aromatic heterocycles. The Morgan fingerprint density at radius 3 is 2.46 bits per heavy atom. The fraction of sp³-hybridized carbons (Fsp3) is 0.471. The maximum absolute atomic E-state index is 12.6. The van der Waals surface area contributed by atoms with Gasteiger partial charge in [-0.1, -0.05) is 41.2 Å². The number of nitrogens with zero attached hydrogens (tertiary/aromatic N) is 3. The van der Waals surface area contributed by atoms with Crippen LogP contribution in [-0.4, -0.2) is 29.2 Å². The van der Waals surface area contributed by atoms with Crippen molar-refractivity contribution in [1.29, 1.82) is 0 Å². The first-order chi connectivity index (χ1) is 12.3. The largest absolute Gasteiger partial charge is 0.445 e. The van der Waals surface area contributed by atoms with Crippen LogP contribution in [0.15, 0.2) is 24.3 Å². The van der Waals surface area contributed by atoms with Crippen LogP contribution in [0.1, 0.15) is 29.0 Å². The summed E-state index contributed by atoms with van der Waals surface area (Å²) in [5.74, 6) is -0.148. The molecule has 3 rings (SSSR count). The fourth-order valence-electron chi connectivity index (χ4n) is 2.83. The van der Waals surface area contributed by atoms with Crippen molar-refractivity contribution in [3.8, 4) is 0 Å². The van der Waals surface area contributed by atoms with E-state index in [1.807, 2.05) is 31.2 Å². The van der Waals surface area contributed by atoms with Gasteiger partial charge in [-0.3, -0.25) is 4.79 Å². The number of alkyl halides is 3. The van der Waals surface area contributed by atoms with E-state index in [0.29, 0.717) is 43.8 Å². The van der Waals surface area contributed by atoms with Gasteiger partial charge in [-0.25, -0.2) is 0 Å². The highest BCUT2D eigenvalue weighted by Crippen LogP contribution is 2.35. The Kier molecular flexibility index (Phi) is 5.45. The number of hydrogen-bond acceptors (Lipinski definition) is 5. The number of anilines is 1. The molecule has 0 bridgehead atoms. The van der Waals surface area contributed by atoms with E-state index in [0.717, 1.165) is 11.1 Å². The minimum absolute atomic E-state index is 0.0153. The smallest absolute Gasteiger partial charge is 0.352 e. The molecule has 9 heteroatoms. The van der Waals surface area contributed by atoms with Crippen molar-refractivity contribution in [3.05, 3.63) is 40.4 Å². The molecule has 140 valence electrons. The number of nitrogens with one attached hydrogen (secondary N) is 1. The summed E-state index contributed by atoms with van der Waals surface area (Å²) in [7, 11) is 0. The molecule has 5 nitrogen and oxygen atoms in total. The summed E-state index contributed by atoms with van der Waals surface area (Å²) < 4.78 is 37.9. The number of halogens is 3.